The Hall–Kier alpha value is -1.43. The van der Waals surface area contributed by atoms with Crippen LogP contribution in [-0.4, -0.2) is 34.0 Å². The fourth-order valence-corrected chi connectivity index (χ4v) is 0.850. The molecule has 0 aliphatic rings. The highest BCUT2D eigenvalue weighted by Gasteiger charge is 2.00. The fourth-order valence-electron chi connectivity index (χ4n) is 0.850. The zero-order chi connectivity index (χ0) is 9.52. The van der Waals surface area contributed by atoms with Crippen molar-refractivity contribution in [1.82, 2.24) is 20.3 Å². The van der Waals surface area contributed by atoms with Gasteiger partial charge in [-0.2, -0.15) is 0 Å². The van der Waals surface area contributed by atoms with Gasteiger partial charge in [-0.1, -0.05) is 5.21 Å². The number of rotatable bonds is 5. The van der Waals surface area contributed by atoms with E-state index in [0.717, 1.165) is 6.42 Å². The van der Waals surface area contributed by atoms with Crippen LogP contribution < -0.4 is 11.1 Å². The zero-order valence-corrected chi connectivity index (χ0v) is 7.31. The van der Waals surface area contributed by atoms with Crippen molar-refractivity contribution in [3.05, 3.63) is 12.4 Å². The molecule has 6 heteroatoms. The van der Waals surface area contributed by atoms with Crippen molar-refractivity contribution in [2.45, 2.75) is 13.0 Å². The first kappa shape index (κ1) is 9.66. The van der Waals surface area contributed by atoms with Gasteiger partial charge in [0.15, 0.2) is 0 Å². The van der Waals surface area contributed by atoms with Gasteiger partial charge in [0.25, 0.3) is 0 Å². The Kier molecular flexibility index (Phi) is 3.90. The molecule has 0 bridgehead atoms. The summed E-state index contributed by atoms with van der Waals surface area (Å²) in [7, 11) is 0. The van der Waals surface area contributed by atoms with Crippen LogP contribution in [0.5, 0.6) is 0 Å². The van der Waals surface area contributed by atoms with Gasteiger partial charge in [0.2, 0.25) is 5.91 Å². The molecule has 0 aromatic carbocycles. The van der Waals surface area contributed by atoms with Crippen LogP contribution in [0.25, 0.3) is 0 Å². The van der Waals surface area contributed by atoms with E-state index in [0.29, 0.717) is 13.1 Å². The van der Waals surface area contributed by atoms with Gasteiger partial charge in [-0.15, -0.1) is 5.10 Å². The van der Waals surface area contributed by atoms with Gasteiger partial charge in [0.1, 0.15) is 6.54 Å². The van der Waals surface area contributed by atoms with E-state index in [9.17, 15) is 4.79 Å². The Labute approximate surface area is 76.1 Å². The lowest BCUT2D eigenvalue weighted by Gasteiger charge is -2.02. The molecule has 1 aromatic rings. The standard InChI is InChI=1S/C7H13N5O/c8-2-1-3-9-7(13)6-12-5-4-10-11-12/h4-5H,1-3,6,8H2,(H,9,13). The number of nitrogens with zero attached hydrogens (tertiary/aromatic N) is 3. The first-order valence-corrected chi connectivity index (χ1v) is 4.14. The minimum atomic E-state index is -0.0704. The van der Waals surface area contributed by atoms with Crippen LogP contribution in [0.15, 0.2) is 12.4 Å². The third-order valence-corrected chi connectivity index (χ3v) is 1.48. The molecule has 3 N–H and O–H groups in total. The number of hydrogen-bond donors (Lipinski definition) is 2. The van der Waals surface area contributed by atoms with E-state index in [-0.39, 0.29) is 12.5 Å². The van der Waals surface area contributed by atoms with Gasteiger partial charge in [-0.25, -0.2) is 4.68 Å². The third kappa shape index (κ3) is 3.66. The highest BCUT2D eigenvalue weighted by Crippen LogP contribution is 1.81. The lowest BCUT2D eigenvalue weighted by Crippen LogP contribution is -2.29. The second kappa shape index (κ2) is 5.26. The number of nitrogens with one attached hydrogen (secondary N) is 1. The van der Waals surface area contributed by atoms with Crippen LogP contribution in [0.3, 0.4) is 0 Å². The molecule has 0 fully saturated rings. The Morgan fingerprint density at radius 3 is 3.08 bits per heavy atom. The monoisotopic (exact) mass is 183 g/mol. The van der Waals surface area contributed by atoms with Gasteiger partial charge < -0.3 is 11.1 Å². The molecule has 0 spiro atoms. The summed E-state index contributed by atoms with van der Waals surface area (Å²) < 4.78 is 1.47. The summed E-state index contributed by atoms with van der Waals surface area (Å²) in [4.78, 5) is 11.1. The van der Waals surface area contributed by atoms with Gasteiger partial charge in [0, 0.05) is 12.7 Å². The van der Waals surface area contributed by atoms with Gasteiger partial charge in [-0.3, -0.25) is 4.79 Å². The maximum Gasteiger partial charge on any atom is 0.241 e. The van der Waals surface area contributed by atoms with E-state index in [1.54, 1.807) is 6.20 Å². The molecule has 0 saturated heterocycles. The average Bonchev–Trinajstić information content (AvgIpc) is 2.57. The molecule has 0 radical (unpaired) electrons. The fraction of sp³-hybridized carbons (Fsp3) is 0.571. The van der Waals surface area contributed by atoms with Crippen molar-refractivity contribution in [2.24, 2.45) is 5.73 Å². The quantitative estimate of drug-likeness (QED) is 0.558. The number of amides is 1. The smallest absolute Gasteiger partial charge is 0.241 e. The number of carbonyl (C=O) groups excluding carboxylic acids is 1. The third-order valence-electron chi connectivity index (χ3n) is 1.48. The van der Waals surface area contributed by atoms with E-state index in [2.05, 4.69) is 15.6 Å². The molecule has 0 aliphatic heterocycles. The highest BCUT2D eigenvalue weighted by molar-refractivity contribution is 5.75. The summed E-state index contributed by atoms with van der Waals surface area (Å²) >= 11 is 0. The summed E-state index contributed by atoms with van der Waals surface area (Å²) in [5.41, 5.74) is 5.27. The largest absolute Gasteiger partial charge is 0.354 e. The van der Waals surface area contributed by atoms with Crippen molar-refractivity contribution in [3.63, 3.8) is 0 Å². The number of hydrogen-bond acceptors (Lipinski definition) is 4. The van der Waals surface area contributed by atoms with E-state index in [1.165, 1.54) is 10.9 Å². The van der Waals surface area contributed by atoms with E-state index in [4.69, 9.17) is 5.73 Å². The van der Waals surface area contributed by atoms with Gasteiger partial charge >= 0.3 is 0 Å². The van der Waals surface area contributed by atoms with E-state index in [1.807, 2.05) is 0 Å². The molecule has 1 rings (SSSR count). The molecule has 0 unspecified atom stereocenters. The van der Waals surface area contributed by atoms with Crippen molar-refractivity contribution >= 4 is 5.91 Å². The normalized spacial score (nSPS) is 9.92. The van der Waals surface area contributed by atoms with Gasteiger partial charge in [-0.05, 0) is 13.0 Å². The summed E-state index contributed by atoms with van der Waals surface area (Å²) in [6.07, 6.45) is 3.97. The first-order chi connectivity index (χ1) is 6.33. The lowest BCUT2D eigenvalue weighted by atomic mass is 10.4. The number of nitrogens with two attached hydrogens (primary N) is 1. The number of carbonyl (C=O) groups is 1. The molecule has 0 saturated carbocycles. The van der Waals surface area contributed by atoms with Crippen LogP contribution in [0.2, 0.25) is 0 Å². The zero-order valence-electron chi connectivity index (χ0n) is 7.31. The van der Waals surface area contributed by atoms with Gasteiger partial charge in [0.05, 0.1) is 6.20 Å². The predicted molar refractivity (Wildman–Crippen MR) is 46.7 cm³/mol. The van der Waals surface area contributed by atoms with E-state index >= 15 is 0 Å². The Morgan fingerprint density at radius 2 is 2.46 bits per heavy atom. The molecule has 13 heavy (non-hydrogen) atoms. The second-order valence-electron chi connectivity index (χ2n) is 2.59. The minimum Gasteiger partial charge on any atom is -0.354 e. The summed E-state index contributed by atoms with van der Waals surface area (Å²) in [6.45, 7) is 1.41. The van der Waals surface area contributed by atoms with Crippen LogP contribution >= 0.6 is 0 Å². The molecule has 6 nitrogen and oxygen atoms in total. The van der Waals surface area contributed by atoms with Crippen LogP contribution in [0, 0.1) is 0 Å². The summed E-state index contributed by atoms with van der Waals surface area (Å²) in [5.74, 6) is -0.0704. The first-order valence-electron chi connectivity index (χ1n) is 4.14. The number of aromatic nitrogens is 3. The Balaban J connectivity index is 2.18. The Bertz CT molecular complexity index is 245. The topological polar surface area (TPSA) is 85.8 Å². The molecular weight excluding hydrogens is 170 g/mol. The molecule has 72 valence electrons. The van der Waals surface area contributed by atoms with E-state index < -0.39 is 0 Å². The molecule has 1 amide bonds. The van der Waals surface area contributed by atoms with Crippen LogP contribution in [0.1, 0.15) is 6.42 Å². The summed E-state index contributed by atoms with van der Waals surface area (Å²) in [6, 6.07) is 0. The minimum absolute atomic E-state index is 0.0704. The maximum absolute atomic E-state index is 11.1. The van der Waals surface area contributed by atoms with Crippen molar-refractivity contribution in [1.29, 1.82) is 0 Å². The highest BCUT2D eigenvalue weighted by atomic mass is 16.2. The summed E-state index contributed by atoms with van der Waals surface area (Å²) in [5, 5.41) is 9.96. The van der Waals surface area contributed by atoms with Crippen LogP contribution in [0.4, 0.5) is 0 Å². The van der Waals surface area contributed by atoms with Crippen molar-refractivity contribution in [2.75, 3.05) is 13.1 Å². The molecule has 0 aliphatic carbocycles. The predicted octanol–water partition coefficient (Wildman–Crippen LogP) is -1.26. The molecule has 1 heterocycles. The maximum atomic E-state index is 11.1. The molecule has 0 atom stereocenters. The van der Waals surface area contributed by atoms with Crippen molar-refractivity contribution in [3.8, 4) is 0 Å². The second-order valence-corrected chi connectivity index (χ2v) is 2.59. The molecule has 1 aromatic heterocycles. The van der Waals surface area contributed by atoms with Crippen LogP contribution in [-0.2, 0) is 11.3 Å². The molecular formula is C7H13N5O. The Morgan fingerprint density at radius 1 is 1.62 bits per heavy atom. The average molecular weight is 183 g/mol. The lowest BCUT2D eigenvalue weighted by molar-refractivity contribution is -0.121. The SMILES string of the molecule is NCCCNC(=O)Cn1ccnn1. The van der Waals surface area contributed by atoms with Crippen molar-refractivity contribution < 1.29 is 4.79 Å².